The molecule has 14 heteroatoms. The molecule has 1 saturated carbocycles. The van der Waals surface area contributed by atoms with Gasteiger partial charge < -0.3 is 14.8 Å². The van der Waals surface area contributed by atoms with Crippen molar-refractivity contribution in [2.45, 2.75) is 43.9 Å². The molecule has 1 fully saturated rings. The average Bonchev–Trinajstić information content (AvgIpc) is 3.52. The monoisotopic (exact) mass is 547 g/mol. The molecule has 0 bridgehead atoms. The molecule has 200 valence electrons. The molecule has 8 nitrogen and oxygen atoms in total. The standard InChI is InChI=1S/C23H22F5N3O5S/c1-11(13-7-16(24)20(17(25)8-13)31-37(2,33)34)29-21(32)18-10-35-22(30-18)36-19-9-14(23(26,27)28)5-6-15(19)12-3-4-12/h5-9,11-12,18,31H,3-4,10H2,1-2H3,(H,29,32)/t11-,18?/m1/s1. The van der Waals surface area contributed by atoms with E-state index in [1.165, 1.54) is 13.0 Å². The van der Waals surface area contributed by atoms with Gasteiger partial charge in [-0.1, -0.05) is 6.07 Å². The molecule has 2 aromatic rings. The van der Waals surface area contributed by atoms with E-state index in [0.29, 0.717) is 5.56 Å². The van der Waals surface area contributed by atoms with Crippen molar-refractivity contribution in [3.63, 3.8) is 0 Å². The Morgan fingerprint density at radius 2 is 1.81 bits per heavy atom. The zero-order valence-electron chi connectivity index (χ0n) is 19.5. The number of carbonyl (C=O) groups excluding carboxylic acids is 1. The number of benzene rings is 2. The molecule has 1 heterocycles. The lowest BCUT2D eigenvalue weighted by Gasteiger charge is -2.17. The lowest BCUT2D eigenvalue weighted by atomic mass is 10.1. The molecule has 0 aromatic heterocycles. The molecule has 0 radical (unpaired) electrons. The van der Waals surface area contributed by atoms with E-state index in [1.807, 2.05) is 0 Å². The van der Waals surface area contributed by atoms with Gasteiger partial charge in [0.15, 0.2) is 17.7 Å². The van der Waals surface area contributed by atoms with Crippen molar-refractivity contribution in [1.82, 2.24) is 5.32 Å². The van der Waals surface area contributed by atoms with Crippen LogP contribution < -0.4 is 14.8 Å². The van der Waals surface area contributed by atoms with Gasteiger partial charge in [0, 0.05) is 0 Å². The summed E-state index contributed by atoms with van der Waals surface area (Å²) in [6, 6.07) is 2.91. The summed E-state index contributed by atoms with van der Waals surface area (Å²) in [4.78, 5) is 16.6. The Hall–Kier alpha value is -3.42. The maximum Gasteiger partial charge on any atom is 0.416 e. The number of hydrogen-bond donors (Lipinski definition) is 2. The van der Waals surface area contributed by atoms with Gasteiger partial charge in [-0.05, 0) is 61.1 Å². The summed E-state index contributed by atoms with van der Waals surface area (Å²) < 4.78 is 103. The number of halogens is 5. The van der Waals surface area contributed by atoms with Crippen LogP contribution in [-0.2, 0) is 25.7 Å². The van der Waals surface area contributed by atoms with E-state index >= 15 is 0 Å². The number of hydrogen-bond acceptors (Lipinski definition) is 6. The van der Waals surface area contributed by atoms with Gasteiger partial charge in [0.2, 0.25) is 15.9 Å². The third-order valence-corrected chi connectivity index (χ3v) is 6.27. The molecule has 2 aromatic carbocycles. The summed E-state index contributed by atoms with van der Waals surface area (Å²) in [6.45, 7) is 1.18. The number of ether oxygens (including phenoxy) is 2. The molecule has 2 aliphatic rings. The van der Waals surface area contributed by atoms with Gasteiger partial charge in [-0.15, -0.1) is 0 Å². The summed E-state index contributed by atoms with van der Waals surface area (Å²) in [6.07, 6.45) is -2.59. The second-order valence-corrected chi connectivity index (χ2v) is 10.6. The highest BCUT2D eigenvalue weighted by atomic mass is 32.2. The molecular weight excluding hydrogens is 525 g/mol. The Morgan fingerprint density at radius 3 is 2.38 bits per heavy atom. The largest absolute Gasteiger partial charge is 0.448 e. The van der Waals surface area contributed by atoms with Gasteiger partial charge in [0.25, 0.3) is 0 Å². The van der Waals surface area contributed by atoms with Crippen molar-refractivity contribution in [2.75, 3.05) is 17.6 Å². The summed E-state index contributed by atoms with van der Waals surface area (Å²) >= 11 is 0. The number of nitrogens with zero attached hydrogens (tertiary/aromatic N) is 1. The quantitative estimate of drug-likeness (QED) is 0.505. The number of amides is 1. The molecule has 37 heavy (non-hydrogen) atoms. The maximum atomic E-state index is 14.3. The van der Waals surface area contributed by atoms with Crippen LogP contribution in [0.4, 0.5) is 27.6 Å². The van der Waals surface area contributed by atoms with Crippen LogP contribution in [0.2, 0.25) is 0 Å². The van der Waals surface area contributed by atoms with Gasteiger partial charge in [0.1, 0.15) is 18.0 Å². The molecule has 2 N–H and O–H groups in total. The summed E-state index contributed by atoms with van der Waals surface area (Å²) in [5.41, 5.74) is -1.15. The number of anilines is 1. The first-order valence-corrected chi connectivity index (χ1v) is 13.0. The minimum Gasteiger partial charge on any atom is -0.448 e. The van der Waals surface area contributed by atoms with E-state index in [0.717, 1.165) is 43.4 Å². The highest BCUT2D eigenvalue weighted by molar-refractivity contribution is 7.92. The maximum absolute atomic E-state index is 14.3. The van der Waals surface area contributed by atoms with Crippen LogP contribution in [0.5, 0.6) is 5.75 Å². The molecule has 4 rings (SSSR count). The number of carbonyl (C=O) groups is 1. The molecule has 2 atom stereocenters. The van der Waals surface area contributed by atoms with Crippen molar-refractivity contribution in [3.8, 4) is 5.75 Å². The Morgan fingerprint density at radius 1 is 1.16 bits per heavy atom. The smallest absolute Gasteiger partial charge is 0.416 e. The highest BCUT2D eigenvalue weighted by Crippen LogP contribution is 2.46. The van der Waals surface area contributed by atoms with Crippen LogP contribution in [0.3, 0.4) is 0 Å². The van der Waals surface area contributed by atoms with Crippen molar-refractivity contribution in [1.29, 1.82) is 0 Å². The normalized spacial score (nSPS) is 18.6. The molecule has 1 unspecified atom stereocenters. The third kappa shape index (κ3) is 6.48. The second kappa shape index (κ2) is 9.80. The van der Waals surface area contributed by atoms with Gasteiger partial charge in [-0.2, -0.15) is 18.2 Å². The molecule has 0 spiro atoms. The third-order valence-electron chi connectivity index (χ3n) is 5.69. The van der Waals surface area contributed by atoms with Crippen LogP contribution in [0, 0.1) is 11.6 Å². The average molecular weight is 548 g/mol. The van der Waals surface area contributed by atoms with Crippen molar-refractivity contribution < 1.29 is 44.6 Å². The molecule has 1 amide bonds. The Bertz CT molecular complexity index is 1340. The van der Waals surface area contributed by atoms with Crippen molar-refractivity contribution in [2.24, 2.45) is 4.99 Å². The first kappa shape index (κ1) is 26.6. The van der Waals surface area contributed by atoms with Gasteiger partial charge in [-0.25, -0.2) is 17.2 Å². The van der Waals surface area contributed by atoms with Crippen molar-refractivity contribution >= 4 is 27.7 Å². The molecule has 0 saturated heterocycles. The zero-order chi connectivity index (χ0) is 27.1. The van der Waals surface area contributed by atoms with E-state index in [9.17, 15) is 35.2 Å². The summed E-state index contributed by atoms with van der Waals surface area (Å²) in [5.74, 6) is -3.02. The number of rotatable bonds is 7. The second-order valence-electron chi connectivity index (χ2n) is 8.81. The molecule has 1 aliphatic carbocycles. The Balaban J connectivity index is 1.45. The van der Waals surface area contributed by atoms with E-state index in [1.54, 1.807) is 4.72 Å². The minimum absolute atomic E-state index is 0.0137. The first-order chi connectivity index (χ1) is 17.2. The van der Waals surface area contributed by atoms with Crippen molar-refractivity contribution in [3.05, 3.63) is 58.7 Å². The molecule has 1 aliphatic heterocycles. The number of sulfonamides is 1. The van der Waals surface area contributed by atoms with Crippen LogP contribution >= 0.6 is 0 Å². The van der Waals surface area contributed by atoms with Crippen LogP contribution in [0.25, 0.3) is 0 Å². The fraction of sp³-hybridized carbons (Fsp3) is 0.391. The SMILES string of the molecule is C[C@@H](NC(=O)C1COC(Oc2cc(C(F)(F)F)ccc2C2CC2)=N1)c1cc(F)c(NS(C)(=O)=O)c(F)c1. The van der Waals surface area contributed by atoms with Gasteiger partial charge in [-0.3, -0.25) is 9.52 Å². The Kier molecular flexibility index (Phi) is 7.06. The highest BCUT2D eigenvalue weighted by Gasteiger charge is 2.35. The number of aliphatic imine (C=N–C) groups is 1. The lowest BCUT2D eigenvalue weighted by molar-refractivity contribution is -0.137. The van der Waals surface area contributed by atoms with Crippen LogP contribution in [0.1, 0.15) is 48.4 Å². The number of nitrogens with one attached hydrogen (secondary N) is 2. The zero-order valence-corrected chi connectivity index (χ0v) is 20.3. The molecular formula is C23H22F5N3O5S. The first-order valence-electron chi connectivity index (χ1n) is 11.1. The van der Waals surface area contributed by atoms with Gasteiger partial charge in [0.05, 0.1) is 17.9 Å². The van der Waals surface area contributed by atoms with E-state index < -0.39 is 57.1 Å². The minimum atomic E-state index is -4.57. The van der Waals surface area contributed by atoms with Crippen LogP contribution in [0.15, 0.2) is 35.3 Å². The predicted octanol–water partition coefficient (Wildman–Crippen LogP) is 4.24. The lowest BCUT2D eigenvalue weighted by Crippen LogP contribution is -2.36. The fourth-order valence-electron chi connectivity index (χ4n) is 3.69. The fourth-order valence-corrected chi connectivity index (χ4v) is 4.25. The van der Waals surface area contributed by atoms with Crippen LogP contribution in [-0.4, -0.2) is 39.3 Å². The predicted molar refractivity (Wildman–Crippen MR) is 123 cm³/mol. The van der Waals surface area contributed by atoms with Gasteiger partial charge >= 0.3 is 12.3 Å². The van der Waals surface area contributed by atoms with E-state index in [4.69, 9.17) is 9.47 Å². The van der Waals surface area contributed by atoms with E-state index in [-0.39, 0.29) is 29.9 Å². The summed E-state index contributed by atoms with van der Waals surface area (Å²) in [5, 5.41) is 2.51. The Labute approximate surface area is 208 Å². The summed E-state index contributed by atoms with van der Waals surface area (Å²) in [7, 11) is -3.92. The number of alkyl halides is 3. The van der Waals surface area contributed by atoms with E-state index in [2.05, 4.69) is 10.3 Å². The topological polar surface area (TPSA) is 106 Å².